The van der Waals surface area contributed by atoms with Crippen molar-refractivity contribution in [3.63, 3.8) is 0 Å². The van der Waals surface area contributed by atoms with Crippen LogP contribution in [0.5, 0.6) is 0 Å². The molecule has 2 aromatic heterocycles. The van der Waals surface area contributed by atoms with Crippen LogP contribution in [0.4, 0.5) is 8.78 Å². The average Bonchev–Trinajstić information content (AvgIpc) is 3.17. The summed E-state index contributed by atoms with van der Waals surface area (Å²) in [5, 5.41) is 8.31. The van der Waals surface area contributed by atoms with E-state index >= 15 is 0 Å². The molecule has 1 aromatic carbocycles. The summed E-state index contributed by atoms with van der Waals surface area (Å²) < 4.78 is 32.6. The summed E-state index contributed by atoms with van der Waals surface area (Å²) in [5.74, 6) is -2.64. The summed E-state index contributed by atoms with van der Waals surface area (Å²) in [7, 11) is 0. The molecule has 25 heavy (non-hydrogen) atoms. The van der Waals surface area contributed by atoms with Crippen LogP contribution in [0.2, 0.25) is 0 Å². The smallest absolute Gasteiger partial charge is 0.387 e. The Bertz CT molecular complexity index is 950. The molecule has 1 atom stereocenters. The van der Waals surface area contributed by atoms with Crippen LogP contribution in [0.3, 0.4) is 0 Å². The van der Waals surface area contributed by atoms with Crippen molar-refractivity contribution in [1.82, 2.24) is 15.1 Å². The quantitative estimate of drug-likeness (QED) is 0.754. The molecule has 0 aliphatic heterocycles. The van der Waals surface area contributed by atoms with Gasteiger partial charge in [-0.05, 0) is 24.4 Å². The Morgan fingerprint density at radius 2 is 2.20 bits per heavy atom. The van der Waals surface area contributed by atoms with E-state index in [9.17, 15) is 18.4 Å². The Hall–Kier alpha value is -2.81. The lowest BCUT2D eigenvalue weighted by atomic mass is 10.1. The summed E-state index contributed by atoms with van der Waals surface area (Å²) >= 11 is 1.35. The maximum atomic E-state index is 13.7. The Morgan fingerprint density at radius 1 is 1.40 bits per heavy atom. The fraction of sp³-hybridized carbons (Fsp3) is 0.188. The molecule has 3 aromatic rings. The van der Waals surface area contributed by atoms with E-state index in [-0.39, 0.29) is 18.0 Å². The Labute approximate surface area is 144 Å². The molecule has 0 aliphatic carbocycles. The molecule has 0 spiro atoms. The lowest BCUT2D eigenvalue weighted by Gasteiger charge is -2.14. The highest BCUT2D eigenvalue weighted by atomic mass is 32.1. The number of hydrogen-bond acceptors (Lipinski definition) is 5. The molecule has 1 N–H and O–H groups in total. The summed E-state index contributed by atoms with van der Waals surface area (Å²) in [6.45, 7) is 1.18. The lowest BCUT2D eigenvalue weighted by molar-refractivity contribution is -0.122. The molecule has 0 fully saturated rings. The van der Waals surface area contributed by atoms with Gasteiger partial charge in [0.25, 0.3) is 5.89 Å². The van der Waals surface area contributed by atoms with Crippen LogP contribution in [0.25, 0.3) is 10.8 Å². The fourth-order valence-corrected chi connectivity index (χ4v) is 2.90. The van der Waals surface area contributed by atoms with Crippen LogP contribution in [-0.4, -0.2) is 15.7 Å². The van der Waals surface area contributed by atoms with Crippen LogP contribution in [0.1, 0.15) is 18.5 Å². The number of benzene rings is 1. The fourth-order valence-electron chi connectivity index (χ4n) is 2.26. The Balaban J connectivity index is 1.69. The molecule has 2 heterocycles. The van der Waals surface area contributed by atoms with Gasteiger partial charge in [-0.1, -0.05) is 12.1 Å². The van der Waals surface area contributed by atoms with Gasteiger partial charge < -0.3 is 9.73 Å². The molecule has 9 heteroatoms. The maximum absolute atomic E-state index is 13.7. The summed E-state index contributed by atoms with van der Waals surface area (Å²) in [4.78, 5) is 24.5. The zero-order valence-electron chi connectivity index (χ0n) is 13.0. The number of hydrogen-bond donors (Lipinski definition) is 1. The number of amides is 1. The number of halogens is 2. The largest absolute Gasteiger partial charge is 0.437 e. The first-order valence-electron chi connectivity index (χ1n) is 7.30. The first-order chi connectivity index (χ1) is 11.9. The van der Waals surface area contributed by atoms with Gasteiger partial charge >= 0.3 is 5.76 Å². The minimum absolute atomic E-state index is 0.130. The standard InChI is InChI=1S/C16H13F2N3O3S/c1-9(11-5-4-10(17)7-12(11)18)19-14(22)8-21-16(23)24-15(20-21)13-3-2-6-25-13/h2-7,9H,8H2,1H3,(H,19,22). The van der Waals surface area contributed by atoms with Gasteiger partial charge in [-0.3, -0.25) is 4.79 Å². The molecule has 0 saturated carbocycles. The zero-order valence-corrected chi connectivity index (χ0v) is 13.8. The number of carbonyl (C=O) groups excluding carboxylic acids is 1. The van der Waals surface area contributed by atoms with E-state index in [2.05, 4.69) is 10.4 Å². The van der Waals surface area contributed by atoms with Crippen molar-refractivity contribution >= 4 is 17.2 Å². The van der Waals surface area contributed by atoms with Gasteiger partial charge in [0, 0.05) is 11.6 Å². The van der Waals surface area contributed by atoms with Gasteiger partial charge in [0.1, 0.15) is 18.2 Å². The van der Waals surface area contributed by atoms with Crippen LogP contribution >= 0.6 is 11.3 Å². The second-order valence-electron chi connectivity index (χ2n) is 5.26. The monoisotopic (exact) mass is 365 g/mol. The third-order valence-corrected chi connectivity index (χ3v) is 4.30. The third kappa shape index (κ3) is 3.82. The molecule has 1 unspecified atom stereocenters. The molecule has 0 bridgehead atoms. The van der Waals surface area contributed by atoms with E-state index in [0.717, 1.165) is 16.8 Å². The molecule has 1 amide bonds. The van der Waals surface area contributed by atoms with Crippen LogP contribution in [0, 0.1) is 11.6 Å². The first kappa shape index (κ1) is 17.0. The molecule has 130 valence electrons. The highest BCUT2D eigenvalue weighted by molar-refractivity contribution is 7.13. The predicted molar refractivity (Wildman–Crippen MR) is 87.0 cm³/mol. The number of rotatable bonds is 5. The molecule has 0 radical (unpaired) electrons. The second kappa shape index (κ2) is 6.98. The summed E-state index contributed by atoms with van der Waals surface area (Å²) in [5.41, 5.74) is 0.140. The van der Waals surface area contributed by atoms with Gasteiger partial charge in [0.05, 0.1) is 10.9 Å². The van der Waals surface area contributed by atoms with Gasteiger partial charge in [0.2, 0.25) is 5.91 Å². The van der Waals surface area contributed by atoms with Crippen molar-refractivity contribution < 1.29 is 18.0 Å². The molecule has 3 rings (SSSR count). The van der Waals surface area contributed by atoms with Crippen molar-refractivity contribution in [2.45, 2.75) is 19.5 Å². The van der Waals surface area contributed by atoms with Crippen molar-refractivity contribution in [2.75, 3.05) is 0 Å². The number of nitrogens with one attached hydrogen (secondary N) is 1. The number of aromatic nitrogens is 2. The summed E-state index contributed by atoms with van der Waals surface area (Å²) in [6, 6.07) is 5.92. The van der Waals surface area contributed by atoms with E-state index in [1.807, 2.05) is 0 Å². The highest BCUT2D eigenvalue weighted by Gasteiger charge is 2.17. The summed E-state index contributed by atoms with van der Waals surface area (Å²) in [6.07, 6.45) is 0. The minimum Gasteiger partial charge on any atom is -0.387 e. The van der Waals surface area contributed by atoms with Gasteiger partial charge in [0.15, 0.2) is 0 Å². The SMILES string of the molecule is CC(NC(=O)Cn1nc(-c2cccs2)oc1=O)c1ccc(F)cc1F. The molecule has 0 aliphatic rings. The molecular formula is C16H13F2N3O3S. The highest BCUT2D eigenvalue weighted by Crippen LogP contribution is 2.21. The van der Waals surface area contributed by atoms with E-state index in [4.69, 9.17) is 4.42 Å². The minimum atomic E-state index is -0.765. The van der Waals surface area contributed by atoms with Crippen LogP contribution in [0.15, 0.2) is 44.9 Å². The topological polar surface area (TPSA) is 77.1 Å². The van der Waals surface area contributed by atoms with E-state index < -0.39 is 29.3 Å². The van der Waals surface area contributed by atoms with Crippen molar-refractivity contribution in [2.24, 2.45) is 0 Å². The van der Waals surface area contributed by atoms with Crippen LogP contribution < -0.4 is 11.1 Å². The lowest BCUT2D eigenvalue weighted by Crippen LogP contribution is -2.33. The van der Waals surface area contributed by atoms with Crippen LogP contribution in [-0.2, 0) is 11.3 Å². The van der Waals surface area contributed by atoms with E-state index in [0.29, 0.717) is 4.88 Å². The first-order valence-corrected chi connectivity index (χ1v) is 8.18. The Kier molecular flexibility index (Phi) is 4.75. The number of nitrogens with zero attached hydrogens (tertiary/aromatic N) is 2. The van der Waals surface area contributed by atoms with Crippen molar-refractivity contribution in [3.05, 3.63) is 63.5 Å². The molecular weight excluding hydrogens is 352 g/mol. The predicted octanol–water partition coefficient (Wildman–Crippen LogP) is 2.72. The maximum Gasteiger partial charge on any atom is 0.437 e. The number of thiophene rings is 1. The van der Waals surface area contributed by atoms with Gasteiger partial charge in [-0.2, -0.15) is 4.68 Å². The third-order valence-electron chi connectivity index (χ3n) is 3.44. The van der Waals surface area contributed by atoms with Gasteiger partial charge in [-0.25, -0.2) is 13.6 Å². The van der Waals surface area contributed by atoms with E-state index in [1.165, 1.54) is 17.4 Å². The number of carbonyl (C=O) groups is 1. The van der Waals surface area contributed by atoms with Crippen molar-refractivity contribution in [1.29, 1.82) is 0 Å². The normalized spacial score (nSPS) is 12.1. The Morgan fingerprint density at radius 3 is 2.88 bits per heavy atom. The van der Waals surface area contributed by atoms with E-state index in [1.54, 1.807) is 24.4 Å². The zero-order chi connectivity index (χ0) is 18.0. The van der Waals surface area contributed by atoms with Crippen molar-refractivity contribution in [3.8, 4) is 10.8 Å². The van der Waals surface area contributed by atoms with Gasteiger partial charge in [-0.15, -0.1) is 16.4 Å². The molecule has 0 saturated heterocycles. The molecule has 6 nitrogen and oxygen atoms in total. The average molecular weight is 365 g/mol. The second-order valence-corrected chi connectivity index (χ2v) is 6.21.